The summed E-state index contributed by atoms with van der Waals surface area (Å²) in [4.78, 5) is 28.7. The highest BCUT2D eigenvalue weighted by molar-refractivity contribution is 5.74. The molecule has 1 heterocycles. The SMILES string of the molecule is CCCC(=O)NOCc1c(C)cccc1-n1nnn(C)c1=O. The zero-order valence-electron chi connectivity index (χ0n) is 12.9. The quantitative estimate of drug-likeness (QED) is 0.790. The fourth-order valence-electron chi connectivity index (χ4n) is 2.00. The number of hydrogen-bond acceptors (Lipinski definition) is 5. The average Bonchev–Trinajstić information content (AvgIpc) is 2.81. The first-order chi connectivity index (χ1) is 10.5. The summed E-state index contributed by atoms with van der Waals surface area (Å²) in [5, 5.41) is 7.54. The van der Waals surface area contributed by atoms with Crippen molar-refractivity contribution in [1.29, 1.82) is 0 Å². The topological polar surface area (TPSA) is 91.0 Å². The molecule has 0 saturated heterocycles. The molecule has 0 radical (unpaired) electrons. The predicted molar refractivity (Wildman–Crippen MR) is 79.2 cm³/mol. The maximum atomic E-state index is 12.0. The number of aryl methyl sites for hydroxylation is 2. The second-order valence-electron chi connectivity index (χ2n) is 4.93. The Bertz CT molecular complexity index is 720. The highest BCUT2D eigenvalue weighted by Gasteiger charge is 2.13. The Labute approximate surface area is 127 Å². The summed E-state index contributed by atoms with van der Waals surface area (Å²) < 4.78 is 2.36. The van der Waals surface area contributed by atoms with Crippen molar-refractivity contribution in [3.8, 4) is 5.69 Å². The lowest BCUT2D eigenvalue weighted by Gasteiger charge is -2.12. The molecule has 0 aliphatic heterocycles. The lowest BCUT2D eigenvalue weighted by atomic mass is 10.1. The Morgan fingerprint density at radius 1 is 1.36 bits per heavy atom. The molecule has 0 fully saturated rings. The summed E-state index contributed by atoms with van der Waals surface area (Å²) in [6.45, 7) is 3.96. The zero-order chi connectivity index (χ0) is 16.1. The van der Waals surface area contributed by atoms with E-state index >= 15 is 0 Å². The van der Waals surface area contributed by atoms with E-state index < -0.39 is 0 Å². The van der Waals surface area contributed by atoms with E-state index in [1.165, 1.54) is 11.7 Å². The molecule has 0 saturated carbocycles. The van der Waals surface area contributed by atoms with Gasteiger partial charge in [-0.15, -0.1) is 0 Å². The standard InChI is InChI=1S/C14H19N5O3/c1-4-6-13(20)15-22-9-11-10(2)7-5-8-12(11)19-14(21)18(3)16-17-19/h5,7-8H,4,6,9H2,1-3H3,(H,15,20). The molecule has 0 bridgehead atoms. The fraction of sp³-hybridized carbons (Fsp3) is 0.429. The molecule has 2 rings (SSSR count). The molecular weight excluding hydrogens is 286 g/mol. The number of nitrogens with one attached hydrogen (secondary N) is 1. The van der Waals surface area contributed by atoms with Crippen molar-refractivity contribution < 1.29 is 9.63 Å². The molecule has 22 heavy (non-hydrogen) atoms. The van der Waals surface area contributed by atoms with Crippen LogP contribution in [0.2, 0.25) is 0 Å². The predicted octanol–water partition coefficient (Wildman–Crippen LogP) is 0.622. The van der Waals surface area contributed by atoms with Gasteiger partial charge in [0.1, 0.15) is 6.61 Å². The summed E-state index contributed by atoms with van der Waals surface area (Å²) in [6, 6.07) is 5.48. The van der Waals surface area contributed by atoms with Gasteiger partial charge < -0.3 is 0 Å². The van der Waals surface area contributed by atoms with Gasteiger partial charge in [-0.3, -0.25) is 9.63 Å². The number of hydroxylamine groups is 1. The van der Waals surface area contributed by atoms with Crippen LogP contribution in [0.1, 0.15) is 30.9 Å². The van der Waals surface area contributed by atoms with Crippen molar-refractivity contribution in [2.24, 2.45) is 7.05 Å². The molecule has 118 valence electrons. The lowest BCUT2D eigenvalue weighted by Crippen LogP contribution is -2.25. The first kappa shape index (κ1) is 15.9. The van der Waals surface area contributed by atoms with Crippen LogP contribution >= 0.6 is 0 Å². The van der Waals surface area contributed by atoms with Crippen LogP contribution in [0.15, 0.2) is 23.0 Å². The number of amides is 1. The van der Waals surface area contributed by atoms with Gasteiger partial charge in [0.05, 0.1) is 5.69 Å². The largest absolute Gasteiger partial charge is 0.368 e. The Hall–Kier alpha value is -2.48. The number of tetrazole rings is 1. The van der Waals surface area contributed by atoms with Gasteiger partial charge in [-0.1, -0.05) is 19.1 Å². The van der Waals surface area contributed by atoms with Gasteiger partial charge in [0, 0.05) is 19.0 Å². The van der Waals surface area contributed by atoms with Gasteiger partial charge in [-0.05, 0) is 35.4 Å². The summed E-state index contributed by atoms with van der Waals surface area (Å²) in [6.07, 6.45) is 1.16. The van der Waals surface area contributed by atoms with Crippen molar-refractivity contribution in [3.05, 3.63) is 39.8 Å². The summed E-state index contributed by atoms with van der Waals surface area (Å²) in [7, 11) is 1.53. The van der Waals surface area contributed by atoms with Gasteiger partial charge >= 0.3 is 5.69 Å². The van der Waals surface area contributed by atoms with Crippen LogP contribution in [0.5, 0.6) is 0 Å². The number of aromatic nitrogens is 4. The summed E-state index contributed by atoms with van der Waals surface area (Å²) in [5.41, 5.74) is 4.33. The molecule has 8 heteroatoms. The maximum absolute atomic E-state index is 12.0. The zero-order valence-corrected chi connectivity index (χ0v) is 12.9. The average molecular weight is 305 g/mol. The minimum atomic E-state index is -0.345. The highest BCUT2D eigenvalue weighted by Crippen LogP contribution is 2.17. The van der Waals surface area contributed by atoms with E-state index in [-0.39, 0.29) is 18.2 Å². The second kappa shape index (κ2) is 6.99. The van der Waals surface area contributed by atoms with E-state index in [0.29, 0.717) is 12.1 Å². The number of benzene rings is 1. The molecule has 8 nitrogen and oxygen atoms in total. The van der Waals surface area contributed by atoms with E-state index in [2.05, 4.69) is 15.9 Å². The Balaban J connectivity index is 2.22. The molecule has 0 aliphatic carbocycles. The molecule has 1 aromatic heterocycles. The van der Waals surface area contributed by atoms with Gasteiger partial charge in [0.15, 0.2) is 0 Å². The molecule has 1 aromatic carbocycles. The monoisotopic (exact) mass is 305 g/mol. The number of rotatable bonds is 6. The number of hydrogen-bond donors (Lipinski definition) is 1. The maximum Gasteiger partial charge on any atom is 0.368 e. The van der Waals surface area contributed by atoms with Crippen LogP contribution in [-0.4, -0.2) is 25.7 Å². The minimum absolute atomic E-state index is 0.139. The van der Waals surface area contributed by atoms with Gasteiger partial charge in [0.25, 0.3) is 0 Å². The fourth-order valence-corrected chi connectivity index (χ4v) is 2.00. The van der Waals surface area contributed by atoms with Crippen molar-refractivity contribution in [2.45, 2.75) is 33.3 Å². The first-order valence-corrected chi connectivity index (χ1v) is 7.03. The van der Waals surface area contributed by atoms with E-state index in [4.69, 9.17) is 4.84 Å². The van der Waals surface area contributed by atoms with Crippen LogP contribution in [0.25, 0.3) is 5.69 Å². The normalized spacial score (nSPS) is 10.7. The van der Waals surface area contributed by atoms with Crippen molar-refractivity contribution in [2.75, 3.05) is 0 Å². The van der Waals surface area contributed by atoms with Crippen LogP contribution < -0.4 is 11.2 Å². The van der Waals surface area contributed by atoms with Crippen LogP contribution in [0.3, 0.4) is 0 Å². The summed E-state index contributed by atoms with van der Waals surface area (Å²) >= 11 is 0. The Kier molecular flexibility index (Phi) is 5.05. The molecule has 0 aliphatic rings. The molecule has 0 atom stereocenters. The third-order valence-corrected chi connectivity index (χ3v) is 3.21. The molecule has 0 spiro atoms. The Morgan fingerprint density at radius 3 is 2.77 bits per heavy atom. The number of carbonyl (C=O) groups excluding carboxylic acids is 1. The molecule has 2 aromatic rings. The van der Waals surface area contributed by atoms with E-state index in [1.54, 1.807) is 6.07 Å². The van der Waals surface area contributed by atoms with Gasteiger partial charge in [-0.2, -0.15) is 9.36 Å². The van der Waals surface area contributed by atoms with Gasteiger partial charge in [-0.25, -0.2) is 10.3 Å². The minimum Gasteiger partial charge on any atom is -0.273 e. The van der Waals surface area contributed by atoms with Crippen molar-refractivity contribution >= 4 is 5.91 Å². The van der Waals surface area contributed by atoms with Crippen LogP contribution in [-0.2, 0) is 23.3 Å². The lowest BCUT2D eigenvalue weighted by molar-refractivity contribution is -0.134. The van der Waals surface area contributed by atoms with E-state index in [9.17, 15) is 9.59 Å². The molecule has 0 unspecified atom stereocenters. The summed E-state index contributed by atoms with van der Waals surface area (Å²) in [5.74, 6) is -0.172. The molecular formula is C14H19N5O3. The smallest absolute Gasteiger partial charge is 0.273 e. The highest BCUT2D eigenvalue weighted by atomic mass is 16.6. The molecule has 1 N–H and O–H groups in total. The third-order valence-electron chi connectivity index (χ3n) is 3.21. The Morgan fingerprint density at radius 2 is 2.14 bits per heavy atom. The second-order valence-corrected chi connectivity index (χ2v) is 4.93. The van der Waals surface area contributed by atoms with Crippen molar-refractivity contribution in [1.82, 2.24) is 25.3 Å². The number of nitrogens with zero attached hydrogens (tertiary/aromatic N) is 4. The number of carbonyl (C=O) groups is 1. The van der Waals surface area contributed by atoms with Crippen LogP contribution in [0, 0.1) is 6.92 Å². The third kappa shape index (κ3) is 3.40. The first-order valence-electron chi connectivity index (χ1n) is 7.03. The van der Waals surface area contributed by atoms with Gasteiger partial charge in [0.2, 0.25) is 5.91 Å². The van der Waals surface area contributed by atoms with Crippen LogP contribution in [0.4, 0.5) is 0 Å². The molecule has 1 amide bonds. The van der Waals surface area contributed by atoms with E-state index in [0.717, 1.165) is 22.2 Å². The van der Waals surface area contributed by atoms with E-state index in [1.807, 2.05) is 26.0 Å². The van der Waals surface area contributed by atoms with Crippen molar-refractivity contribution in [3.63, 3.8) is 0 Å².